The number of aliphatic hydroxyl groups is 1. The number of nitrogens with zero attached hydrogens (tertiary/aromatic N) is 3. The van der Waals surface area contributed by atoms with Crippen LogP contribution in [0.4, 0.5) is 18.9 Å². The van der Waals surface area contributed by atoms with E-state index in [0.29, 0.717) is 12.2 Å². The zero-order valence-corrected chi connectivity index (χ0v) is 14.4. The van der Waals surface area contributed by atoms with Crippen molar-refractivity contribution in [1.29, 1.82) is 5.26 Å². The number of amidine groups is 1. The average molecular weight is 371 g/mol. The number of thioether (sulfide) groups is 1. The number of carbonyl (C=O) groups is 1. The fourth-order valence-electron chi connectivity index (χ4n) is 2.25. The summed E-state index contributed by atoms with van der Waals surface area (Å²) in [4.78, 5) is 18.0. The third-order valence-electron chi connectivity index (χ3n) is 3.51. The van der Waals surface area contributed by atoms with E-state index in [4.69, 9.17) is 10.4 Å². The molecule has 134 valence electrons. The summed E-state index contributed by atoms with van der Waals surface area (Å²) in [6.45, 7) is 3.12. The van der Waals surface area contributed by atoms with Gasteiger partial charge in [0.05, 0.1) is 22.9 Å². The lowest BCUT2D eigenvalue weighted by molar-refractivity contribution is -0.137. The predicted molar refractivity (Wildman–Crippen MR) is 89.3 cm³/mol. The molecule has 2 rings (SSSR count). The number of aliphatic hydroxyl groups excluding tert-OH is 1. The van der Waals surface area contributed by atoms with E-state index in [2.05, 4.69) is 4.99 Å². The molecule has 0 radical (unpaired) electrons. The highest BCUT2D eigenvalue weighted by Gasteiger charge is 2.43. The van der Waals surface area contributed by atoms with Crippen LogP contribution in [0.5, 0.6) is 0 Å². The van der Waals surface area contributed by atoms with Crippen molar-refractivity contribution in [3.05, 3.63) is 29.3 Å². The van der Waals surface area contributed by atoms with Gasteiger partial charge in [-0.2, -0.15) is 18.4 Å². The molecule has 0 bridgehead atoms. The van der Waals surface area contributed by atoms with Gasteiger partial charge >= 0.3 is 6.18 Å². The molecule has 0 atom stereocenters. The van der Waals surface area contributed by atoms with Gasteiger partial charge in [0, 0.05) is 12.4 Å². The van der Waals surface area contributed by atoms with Crippen molar-refractivity contribution in [2.24, 2.45) is 4.99 Å². The highest BCUT2D eigenvalue weighted by atomic mass is 32.2. The second kappa shape index (κ2) is 7.06. The van der Waals surface area contributed by atoms with Crippen molar-refractivity contribution in [2.75, 3.05) is 17.3 Å². The Bertz CT molecular complexity index is 754. The Morgan fingerprint density at radius 3 is 2.64 bits per heavy atom. The molecule has 1 amide bonds. The fraction of sp³-hybridized carbons (Fsp3) is 0.438. The van der Waals surface area contributed by atoms with E-state index in [9.17, 15) is 18.0 Å². The van der Waals surface area contributed by atoms with Crippen molar-refractivity contribution < 1.29 is 23.1 Å². The molecule has 1 heterocycles. The summed E-state index contributed by atoms with van der Waals surface area (Å²) in [5.41, 5.74) is -2.68. The second-order valence-corrected chi connectivity index (χ2v) is 6.92. The van der Waals surface area contributed by atoms with Gasteiger partial charge in [-0.3, -0.25) is 9.69 Å². The van der Waals surface area contributed by atoms with E-state index < -0.39 is 28.7 Å². The topological polar surface area (TPSA) is 76.7 Å². The Morgan fingerprint density at radius 2 is 2.08 bits per heavy atom. The maximum atomic E-state index is 13.2. The molecule has 1 aliphatic rings. The van der Waals surface area contributed by atoms with Gasteiger partial charge in [-0.1, -0.05) is 11.8 Å². The number of nitriles is 1. The molecule has 0 spiro atoms. The summed E-state index contributed by atoms with van der Waals surface area (Å²) in [6, 6.07) is 4.65. The van der Waals surface area contributed by atoms with Gasteiger partial charge in [0.1, 0.15) is 5.54 Å². The molecule has 0 saturated heterocycles. The summed E-state index contributed by atoms with van der Waals surface area (Å²) >= 11 is 1.19. The molecule has 1 N–H and O–H groups in total. The molecule has 0 fully saturated rings. The molecular weight excluding hydrogens is 355 g/mol. The van der Waals surface area contributed by atoms with E-state index in [-0.39, 0.29) is 17.5 Å². The minimum absolute atomic E-state index is 0.0112. The minimum atomic E-state index is -4.71. The molecular formula is C16H16F3N3O2S. The maximum absolute atomic E-state index is 13.2. The van der Waals surface area contributed by atoms with E-state index in [0.717, 1.165) is 17.0 Å². The smallest absolute Gasteiger partial charge is 0.396 e. The first kappa shape index (κ1) is 19.3. The zero-order valence-electron chi connectivity index (χ0n) is 13.6. The number of alkyl halides is 3. The van der Waals surface area contributed by atoms with Gasteiger partial charge in [-0.25, -0.2) is 4.99 Å². The van der Waals surface area contributed by atoms with Gasteiger partial charge in [0.2, 0.25) is 0 Å². The van der Waals surface area contributed by atoms with Gasteiger partial charge < -0.3 is 5.11 Å². The van der Waals surface area contributed by atoms with Crippen LogP contribution in [0.2, 0.25) is 0 Å². The number of anilines is 1. The lowest BCUT2D eigenvalue weighted by Crippen LogP contribution is -2.38. The van der Waals surface area contributed by atoms with Crippen molar-refractivity contribution in [2.45, 2.75) is 32.0 Å². The first-order valence-electron chi connectivity index (χ1n) is 7.41. The van der Waals surface area contributed by atoms with E-state index in [1.807, 2.05) is 0 Å². The van der Waals surface area contributed by atoms with Crippen LogP contribution >= 0.6 is 11.8 Å². The molecule has 1 aliphatic heterocycles. The van der Waals surface area contributed by atoms with Crippen LogP contribution in [0.1, 0.15) is 31.4 Å². The number of halogens is 3. The lowest BCUT2D eigenvalue weighted by Gasteiger charge is -2.22. The van der Waals surface area contributed by atoms with Crippen molar-refractivity contribution >= 4 is 28.5 Å². The highest BCUT2D eigenvalue weighted by Crippen LogP contribution is 2.37. The minimum Gasteiger partial charge on any atom is -0.396 e. The Labute approximate surface area is 147 Å². The van der Waals surface area contributed by atoms with Gasteiger partial charge in [0.25, 0.3) is 5.91 Å². The first-order valence-corrected chi connectivity index (χ1v) is 8.40. The summed E-state index contributed by atoms with van der Waals surface area (Å²) in [6.07, 6.45) is -4.24. The second-order valence-electron chi connectivity index (χ2n) is 5.86. The molecule has 5 nitrogen and oxygen atoms in total. The summed E-state index contributed by atoms with van der Waals surface area (Å²) in [7, 11) is 0. The maximum Gasteiger partial charge on any atom is 0.417 e. The van der Waals surface area contributed by atoms with Gasteiger partial charge in [-0.05, 0) is 38.5 Å². The van der Waals surface area contributed by atoms with Gasteiger partial charge in [-0.15, -0.1) is 0 Å². The molecule has 1 aromatic carbocycles. The molecule has 25 heavy (non-hydrogen) atoms. The van der Waals surface area contributed by atoms with E-state index >= 15 is 0 Å². The molecule has 1 aromatic rings. The van der Waals surface area contributed by atoms with Crippen molar-refractivity contribution in [1.82, 2.24) is 0 Å². The summed E-state index contributed by atoms with van der Waals surface area (Å²) in [5, 5.41) is 18.0. The number of aliphatic imine (C=N–C) groups is 1. The predicted octanol–water partition coefficient (Wildman–Crippen LogP) is 3.17. The molecule has 0 saturated carbocycles. The Morgan fingerprint density at radius 1 is 1.40 bits per heavy atom. The highest BCUT2D eigenvalue weighted by molar-refractivity contribution is 8.14. The first-order chi connectivity index (χ1) is 11.6. The standard InChI is InChI=1S/C16H16F3N3O2S/c1-15(2)13(24)22(14(21-15)25-7-3-6-23)11-5-4-10(9-20)12(8-11)16(17,18)19/h4-5,8,23H,3,6-7H2,1-2H3. The number of rotatable bonds is 4. The molecule has 0 aromatic heterocycles. The average Bonchev–Trinajstić information content (AvgIpc) is 2.76. The number of benzene rings is 1. The van der Waals surface area contributed by atoms with Crippen LogP contribution in [0.25, 0.3) is 0 Å². The fourth-order valence-corrected chi connectivity index (χ4v) is 3.32. The quantitative estimate of drug-likeness (QED) is 0.825. The van der Waals surface area contributed by atoms with Crippen LogP contribution in [-0.4, -0.2) is 34.1 Å². The monoisotopic (exact) mass is 371 g/mol. The van der Waals surface area contributed by atoms with Crippen LogP contribution in [0, 0.1) is 11.3 Å². The molecule has 9 heteroatoms. The lowest BCUT2D eigenvalue weighted by atomic mass is 10.0. The van der Waals surface area contributed by atoms with Crippen LogP contribution in [0.3, 0.4) is 0 Å². The molecule has 0 unspecified atom stereocenters. The zero-order chi connectivity index (χ0) is 18.8. The van der Waals surface area contributed by atoms with Gasteiger partial charge in [0.15, 0.2) is 5.17 Å². The van der Waals surface area contributed by atoms with Crippen molar-refractivity contribution in [3.8, 4) is 6.07 Å². The molecule has 0 aliphatic carbocycles. The van der Waals surface area contributed by atoms with Crippen LogP contribution < -0.4 is 4.90 Å². The Balaban J connectivity index is 2.46. The summed E-state index contributed by atoms with van der Waals surface area (Å²) < 4.78 is 39.5. The SMILES string of the molecule is CC1(C)N=C(SCCCO)N(c2ccc(C#N)c(C(F)(F)F)c2)C1=O. The Hall–Kier alpha value is -2.05. The normalized spacial score (nSPS) is 16.8. The Kier molecular flexibility index (Phi) is 5.44. The van der Waals surface area contributed by atoms with Crippen LogP contribution in [-0.2, 0) is 11.0 Å². The number of amides is 1. The number of hydrogen-bond acceptors (Lipinski definition) is 5. The third-order valence-corrected chi connectivity index (χ3v) is 4.54. The van der Waals surface area contributed by atoms with E-state index in [1.165, 1.54) is 23.9 Å². The third kappa shape index (κ3) is 3.96. The number of hydrogen-bond donors (Lipinski definition) is 1. The summed E-state index contributed by atoms with van der Waals surface area (Å²) in [5.74, 6) is 0.0225. The number of carbonyl (C=O) groups excluding carboxylic acids is 1. The largest absolute Gasteiger partial charge is 0.417 e. The van der Waals surface area contributed by atoms with Crippen molar-refractivity contribution in [3.63, 3.8) is 0 Å². The van der Waals surface area contributed by atoms with Crippen LogP contribution in [0.15, 0.2) is 23.2 Å². The van der Waals surface area contributed by atoms with E-state index in [1.54, 1.807) is 13.8 Å².